The molecule has 0 radical (unpaired) electrons. The zero-order chi connectivity index (χ0) is 19.2. The highest BCUT2D eigenvalue weighted by atomic mass is 16.5. The molecule has 0 atom stereocenters. The molecule has 2 amide bonds. The van der Waals surface area contributed by atoms with Crippen molar-refractivity contribution in [1.82, 2.24) is 10.2 Å². The van der Waals surface area contributed by atoms with Crippen molar-refractivity contribution in [1.29, 1.82) is 0 Å². The number of rotatable bonds is 7. The molecule has 28 heavy (non-hydrogen) atoms. The van der Waals surface area contributed by atoms with Crippen LogP contribution in [0, 0.1) is 0 Å². The Morgan fingerprint density at radius 1 is 1.04 bits per heavy atom. The van der Waals surface area contributed by atoms with Gasteiger partial charge in [0.2, 0.25) is 0 Å². The molecular formula is C23H29N3O2. The first-order chi connectivity index (χ1) is 13.8. The Morgan fingerprint density at radius 2 is 1.75 bits per heavy atom. The minimum atomic E-state index is -0.0182. The SMILES string of the molecule is O=C(Nc1ccc(CCCOc2ccc(C3CC3)cc2)cc1)N1CCNCC1. The summed E-state index contributed by atoms with van der Waals surface area (Å²) in [6.07, 6.45) is 4.60. The van der Waals surface area contributed by atoms with Gasteiger partial charge in [0, 0.05) is 31.9 Å². The molecule has 1 aliphatic heterocycles. The number of ether oxygens (including phenoxy) is 1. The molecule has 0 aromatic heterocycles. The lowest BCUT2D eigenvalue weighted by molar-refractivity contribution is 0.204. The van der Waals surface area contributed by atoms with E-state index in [1.807, 2.05) is 17.0 Å². The Hall–Kier alpha value is -2.53. The normalized spacial score (nSPS) is 16.6. The number of urea groups is 1. The van der Waals surface area contributed by atoms with Crippen LogP contribution in [0.4, 0.5) is 10.5 Å². The second-order valence-electron chi connectivity index (χ2n) is 7.66. The van der Waals surface area contributed by atoms with Gasteiger partial charge in [0.05, 0.1) is 6.61 Å². The minimum Gasteiger partial charge on any atom is -0.494 e. The minimum absolute atomic E-state index is 0.0182. The van der Waals surface area contributed by atoms with E-state index in [0.717, 1.165) is 56.4 Å². The molecule has 2 N–H and O–H groups in total. The van der Waals surface area contributed by atoms with Crippen molar-refractivity contribution in [3.05, 3.63) is 59.7 Å². The van der Waals surface area contributed by atoms with Gasteiger partial charge in [0.15, 0.2) is 0 Å². The van der Waals surface area contributed by atoms with Gasteiger partial charge in [0.1, 0.15) is 5.75 Å². The molecule has 2 aromatic carbocycles. The second kappa shape index (κ2) is 9.11. The second-order valence-corrected chi connectivity index (χ2v) is 7.66. The number of hydrogen-bond acceptors (Lipinski definition) is 3. The molecule has 148 valence electrons. The topological polar surface area (TPSA) is 53.6 Å². The maximum Gasteiger partial charge on any atom is 0.321 e. The van der Waals surface area contributed by atoms with Crippen molar-refractivity contribution in [3.8, 4) is 5.75 Å². The first kappa shape index (κ1) is 18.8. The maximum atomic E-state index is 12.2. The standard InChI is InChI=1S/C23H29N3O2/c27-23(26-15-13-24-14-16-26)25-21-9-3-18(4-10-21)2-1-17-28-22-11-7-20(8-12-22)19-5-6-19/h3-4,7-12,19,24H,1-2,5-6,13-17H2,(H,25,27). The number of hydrogen-bond donors (Lipinski definition) is 2. The lowest BCUT2D eigenvalue weighted by atomic mass is 10.1. The van der Waals surface area contributed by atoms with E-state index >= 15 is 0 Å². The van der Waals surface area contributed by atoms with E-state index in [9.17, 15) is 4.79 Å². The van der Waals surface area contributed by atoms with Crippen LogP contribution in [0.2, 0.25) is 0 Å². The van der Waals surface area contributed by atoms with E-state index < -0.39 is 0 Å². The van der Waals surface area contributed by atoms with Crippen molar-refractivity contribution in [2.24, 2.45) is 0 Å². The predicted octanol–water partition coefficient (Wildman–Crippen LogP) is 4.01. The molecule has 0 spiro atoms. The highest BCUT2D eigenvalue weighted by Crippen LogP contribution is 2.40. The first-order valence-electron chi connectivity index (χ1n) is 10.4. The van der Waals surface area contributed by atoms with Crippen LogP contribution in [-0.4, -0.2) is 43.7 Å². The van der Waals surface area contributed by atoms with Crippen LogP contribution in [0.1, 0.15) is 36.3 Å². The molecule has 0 unspecified atom stereocenters. The quantitative estimate of drug-likeness (QED) is 0.715. The van der Waals surface area contributed by atoms with Crippen molar-refractivity contribution in [2.45, 2.75) is 31.6 Å². The van der Waals surface area contributed by atoms with Gasteiger partial charge in [-0.3, -0.25) is 0 Å². The zero-order valence-corrected chi connectivity index (χ0v) is 16.3. The zero-order valence-electron chi connectivity index (χ0n) is 16.3. The summed E-state index contributed by atoms with van der Waals surface area (Å²) in [5.41, 5.74) is 3.55. The van der Waals surface area contributed by atoms with Crippen LogP contribution in [0.5, 0.6) is 5.75 Å². The molecule has 1 heterocycles. The molecule has 2 aliphatic rings. The van der Waals surface area contributed by atoms with Gasteiger partial charge in [0.25, 0.3) is 0 Å². The number of nitrogens with one attached hydrogen (secondary N) is 2. The summed E-state index contributed by atoms with van der Waals surface area (Å²) in [4.78, 5) is 14.1. The number of carbonyl (C=O) groups is 1. The highest BCUT2D eigenvalue weighted by molar-refractivity contribution is 5.89. The molecule has 2 aromatic rings. The fourth-order valence-electron chi connectivity index (χ4n) is 3.54. The molecule has 0 bridgehead atoms. The van der Waals surface area contributed by atoms with Crippen molar-refractivity contribution in [3.63, 3.8) is 0 Å². The predicted molar refractivity (Wildman–Crippen MR) is 112 cm³/mol. The number of carbonyl (C=O) groups excluding carboxylic acids is 1. The van der Waals surface area contributed by atoms with Crippen LogP contribution >= 0.6 is 0 Å². The lowest BCUT2D eigenvalue weighted by Crippen LogP contribution is -2.48. The number of nitrogens with zero attached hydrogens (tertiary/aromatic N) is 1. The molecule has 4 rings (SSSR count). The number of anilines is 1. The highest BCUT2D eigenvalue weighted by Gasteiger charge is 2.23. The largest absolute Gasteiger partial charge is 0.494 e. The average molecular weight is 380 g/mol. The number of amides is 2. The van der Waals surface area contributed by atoms with Gasteiger partial charge < -0.3 is 20.3 Å². The number of aryl methyl sites for hydroxylation is 1. The molecule has 2 fully saturated rings. The number of benzene rings is 2. The van der Waals surface area contributed by atoms with E-state index in [1.54, 1.807) is 0 Å². The summed E-state index contributed by atoms with van der Waals surface area (Å²) >= 11 is 0. The fraction of sp³-hybridized carbons (Fsp3) is 0.435. The maximum absolute atomic E-state index is 12.2. The molecule has 1 aliphatic carbocycles. The number of piperazine rings is 1. The van der Waals surface area contributed by atoms with E-state index in [2.05, 4.69) is 47.0 Å². The Kier molecular flexibility index (Phi) is 6.12. The Morgan fingerprint density at radius 3 is 2.43 bits per heavy atom. The summed E-state index contributed by atoms with van der Waals surface area (Å²) in [6.45, 7) is 3.95. The third-order valence-electron chi connectivity index (χ3n) is 5.42. The molecule has 5 nitrogen and oxygen atoms in total. The summed E-state index contributed by atoms with van der Waals surface area (Å²) in [5, 5.41) is 6.23. The summed E-state index contributed by atoms with van der Waals surface area (Å²) < 4.78 is 5.86. The first-order valence-corrected chi connectivity index (χ1v) is 10.4. The van der Waals surface area contributed by atoms with Gasteiger partial charge >= 0.3 is 6.03 Å². The van der Waals surface area contributed by atoms with E-state index in [-0.39, 0.29) is 6.03 Å². The Labute approximate surface area is 167 Å². The van der Waals surface area contributed by atoms with Gasteiger partial charge in [-0.2, -0.15) is 0 Å². The van der Waals surface area contributed by atoms with E-state index in [0.29, 0.717) is 6.61 Å². The molecule has 1 saturated carbocycles. The summed E-state index contributed by atoms with van der Waals surface area (Å²) in [6, 6.07) is 16.7. The van der Waals surface area contributed by atoms with Gasteiger partial charge in [-0.15, -0.1) is 0 Å². The fourth-order valence-corrected chi connectivity index (χ4v) is 3.54. The summed E-state index contributed by atoms with van der Waals surface area (Å²) in [5.74, 6) is 1.74. The van der Waals surface area contributed by atoms with Gasteiger partial charge in [-0.25, -0.2) is 4.79 Å². The summed E-state index contributed by atoms with van der Waals surface area (Å²) in [7, 11) is 0. The Balaban J connectivity index is 1.17. The van der Waals surface area contributed by atoms with Crippen LogP contribution in [-0.2, 0) is 6.42 Å². The van der Waals surface area contributed by atoms with Crippen LogP contribution in [0.25, 0.3) is 0 Å². The third-order valence-corrected chi connectivity index (χ3v) is 5.42. The molecule has 5 heteroatoms. The van der Waals surface area contributed by atoms with Crippen LogP contribution in [0.3, 0.4) is 0 Å². The van der Waals surface area contributed by atoms with Gasteiger partial charge in [-0.1, -0.05) is 24.3 Å². The van der Waals surface area contributed by atoms with E-state index in [1.165, 1.54) is 24.0 Å². The van der Waals surface area contributed by atoms with Crippen molar-refractivity contribution in [2.75, 3.05) is 38.1 Å². The van der Waals surface area contributed by atoms with E-state index in [4.69, 9.17) is 4.74 Å². The van der Waals surface area contributed by atoms with Crippen molar-refractivity contribution < 1.29 is 9.53 Å². The van der Waals surface area contributed by atoms with Gasteiger partial charge in [-0.05, 0) is 67.0 Å². The monoisotopic (exact) mass is 379 g/mol. The average Bonchev–Trinajstić information content (AvgIpc) is 3.59. The van der Waals surface area contributed by atoms with Crippen molar-refractivity contribution >= 4 is 11.7 Å². The smallest absolute Gasteiger partial charge is 0.321 e. The Bertz CT molecular complexity index is 763. The van der Waals surface area contributed by atoms with Crippen LogP contribution < -0.4 is 15.4 Å². The lowest BCUT2D eigenvalue weighted by Gasteiger charge is -2.27. The molecule has 1 saturated heterocycles. The third kappa shape index (κ3) is 5.26. The van der Waals surface area contributed by atoms with Crippen LogP contribution in [0.15, 0.2) is 48.5 Å². The molecular weight excluding hydrogens is 350 g/mol.